The molecule has 20 heavy (non-hydrogen) atoms. The lowest BCUT2D eigenvalue weighted by Gasteiger charge is -2.20. The largest absolute Gasteiger partial charge is 0.383 e. The van der Waals surface area contributed by atoms with Gasteiger partial charge in [-0.2, -0.15) is 0 Å². The lowest BCUT2D eigenvalue weighted by Crippen LogP contribution is -2.21. The fourth-order valence-electron chi connectivity index (χ4n) is 2.82. The minimum Gasteiger partial charge on any atom is -0.383 e. The predicted molar refractivity (Wildman–Crippen MR) is 84.8 cm³/mol. The molecule has 1 unspecified atom stereocenters. The van der Waals surface area contributed by atoms with Crippen molar-refractivity contribution in [1.29, 1.82) is 0 Å². The normalized spacial score (nSPS) is 12.4. The van der Waals surface area contributed by atoms with Gasteiger partial charge in [-0.3, -0.25) is 0 Å². The molecule has 1 aromatic carbocycles. The van der Waals surface area contributed by atoms with Crippen LogP contribution in [-0.2, 0) is 6.42 Å². The Labute approximate surface area is 121 Å². The number of likely N-dealkylation sites (N-methyl/N-ethyl adjacent to an activating group) is 1. The number of nitrogens with two attached hydrogens (primary N) is 1. The molecular weight excluding hydrogens is 246 g/mol. The SMILES string of the molecule is CNC(Cc1cc(C)cc(C)c1)c1c(C)ccnc1N. The number of nitrogens with one attached hydrogen (secondary N) is 1. The number of rotatable bonds is 4. The van der Waals surface area contributed by atoms with Crippen LogP contribution < -0.4 is 11.1 Å². The molecule has 0 radical (unpaired) electrons. The molecular formula is C17H23N3. The average Bonchev–Trinajstić information content (AvgIpc) is 2.36. The van der Waals surface area contributed by atoms with E-state index in [4.69, 9.17) is 5.73 Å². The number of nitrogens with zero attached hydrogens (tertiary/aromatic N) is 1. The number of aryl methyl sites for hydroxylation is 3. The van der Waals surface area contributed by atoms with Crippen LogP contribution in [0, 0.1) is 20.8 Å². The first-order valence-electron chi connectivity index (χ1n) is 6.96. The number of aromatic nitrogens is 1. The summed E-state index contributed by atoms with van der Waals surface area (Å²) in [4.78, 5) is 4.22. The van der Waals surface area contributed by atoms with Crippen molar-refractivity contribution in [3.8, 4) is 0 Å². The van der Waals surface area contributed by atoms with Gasteiger partial charge in [-0.05, 0) is 51.4 Å². The zero-order valence-corrected chi connectivity index (χ0v) is 12.7. The van der Waals surface area contributed by atoms with Crippen LogP contribution in [0.3, 0.4) is 0 Å². The maximum Gasteiger partial charge on any atom is 0.128 e. The molecule has 1 heterocycles. The lowest BCUT2D eigenvalue weighted by molar-refractivity contribution is 0.588. The Balaban J connectivity index is 2.34. The van der Waals surface area contributed by atoms with Crippen molar-refractivity contribution in [3.63, 3.8) is 0 Å². The maximum atomic E-state index is 6.06. The molecule has 0 saturated carbocycles. The summed E-state index contributed by atoms with van der Waals surface area (Å²) in [6.07, 6.45) is 2.67. The summed E-state index contributed by atoms with van der Waals surface area (Å²) in [6, 6.07) is 8.86. The molecule has 3 N–H and O–H groups in total. The second-order valence-electron chi connectivity index (χ2n) is 5.47. The molecule has 0 aliphatic rings. The van der Waals surface area contributed by atoms with E-state index < -0.39 is 0 Å². The molecule has 0 amide bonds. The lowest BCUT2D eigenvalue weighted by atomic mass is 9.94. The fraction of sp³-hybridized carbons (Fsp3) is 0.353. The van der Waals surface area contributed by atoms with Crippen molar-refractivity contribution in [2.45, 2.75) is 33.2 Å². The summed E-state index contributed by atoms with van der Waals surface area (Å²) < 4.78 is 0. The summed E-state index contributed by atoms with van der Waals surface area (Å²) in [6.45, 7) is 6.35. The molecule has 3 nitrogen and oxygen atoms in total. The van der Waals surface area contributed by atoms with Gasteiger partial charge >= 0.3 is 0 Å². The average molecular weight is 269 g/mol. The zero-order chi connectivity index (χ0) is 14.7. The Morgan fingerprint density at radius 2 is 1.80 bits per heavy atom. The van der Waals surface area contributed by atoms with Crippen molar-refractivity contribution in [1.82, 2.24) is 10.3 Å². The van der Waals surface area contributed by atoms with Crippen LogP contribution in [0.15, 0.2) is 30.5 Å². The highest BCUT2D eigenvalue weighted by molar-refractivity contribution is 5.47. The number of pyridine rings is 1. The quantitative estimate of drug-likeness (QED) is 0.896. The second kappa shape index (κ2) is 6.06. The third kappa shape index (κ3) is 3.17. The van der Waals surface area contributed by atoms with Gasteiger partial charge in [0.1, 0.15) is 5.82 Å². The number of nitrogen functional groups attached to an aromatic ring is 1. The van der Waals surface area contributed by atoms with E-state index in [0.29, 0.717) is 5.82 Å². The maximum absolute atomic E-state index is 6.06. The molecule has 1 atom stereocenters. The van der Waals surface area contributed by atoms with Crippen molar-refractivity contribution < 1.29 is 0 Å². The van der Waals surface area contributed by atoms with Gasteiger partial charge in [-0.15, -0.1) is 0 Å². The Bertz CT molecular complexity index is 565. The summed E-state index contributed by atoms with van der Waals surface area (Å²) in [5.41, 5.74) is 12.3. The summed E-state index contributed by atoms with van der Waals surface area (Å²) in [7, 11) is 1.97. The Morgan fingerprint density at radius 1 is 1.15 bits per heavy atom. The summed E-state index contributed by atoms with van der Waals surface area (Å²) in [5, 5.41) is 3.37. The van der Waals surface area contributed by atoms with Crippen LogP contribution in [0.2, 0.25) is 0 Å². The number of hydrogen-bond acceptors (Lipinski definition) is 3. The van der Waals surface area contributed by atoms with E-state index in [1.54, 1.807) is 6.20 Å². The van der Waals surface area contributed by atoms with Crippen molar-refractivity contribution >= 4 is 5.82 Å². The predicted octanol–water partition coefficient (Wildman–Crippen LogP) is 3.09. The number of hydrogen-bond donors (Lipinski definition) is 2. The molecule has 0 bridgehead atoms. The van der Waals surface area contributed by atoms with E-state index in [9.17, 15) is 0 Å². The number of benzene rings is 1. The fourth-order valence-corrected chi connectivity index (χ4v) is 2.82. The summed E-state index contributed by atoms with van der Waals surface area (Å²) in [5.74, 6) is 0.619. The highest BCUT2D eigenvalue weighted by Crippen LogP contribution is 2.26. The third-order valence-electron chi connectivity index (χ3n) is 3.66. The van der Waals surface area contributed by atoms with Gasteiger partial charge in [0.15, 0.2) is 0 Å². The van der Waals surface area contributed by atoms with Crippen LogP contribution in [0.1, 0.15) is 33.9 Å². The molecule has 0 fully saturated rings. The molecule has 2 rings (SSSR count). The van der Waals surface area contributed by atoms with E-state index in [1.807, 2.05) is 13.1 Å². The van der Waals surface area contributed by atoms with Crippen LogP contribution in [0.5, 0.6) is 0 Å². The Hall–Kier alpha value is -1.87. The van der Waals surface area contributed by atoms with Crippen LogP contribution >= 0.6 is 0 Å². The molecule has 0 aliphatic heterocycles. The molecule has 3 heteroatoms. The zero-order valence-electron chi connectivity index (χ0n) is 12.7. The molecule has 1 aromatic heterocycles. The van der Waals surface area contributed by atoms with E-state index in [-0.39, 0.29) is 6.04 Å². The van der Waals surface area contributed by atoms with E-state index in [2.05, 4.69) is 49.3 Å². The first-order chi connectivity index (χ1) is 9.51. The van der Waals surface area contributed by atoms with Crippen LogP contribution in [0.25, 0.3) is 0 Å². The van der Waals surface area contributed by atoms with Gasteiger partial charge < -0.3 is 11.1 Å². The van der Waals surface area contributed by atoms with Crippen molar-refractivity contribution in [2.24, 2.45) is 0 Å². The molecule has 0 spiro atoms. The van der Waals surface area contributed by atoms with Gasteiger partial charge in [0, 0.05) is 17.8 Å². The topological polar surface area (TPSA) is 50.9 Å². The number of anilines is 1. The van der Waals surface area contributed by atoms with E-state index in [1.165, 1.54) is 22.3 Å². The third-order valence-corrected chi connectivity index (χ3v) is 3.66. The van der Waals surface area contributed by atoms with E-state index in [0.717, 1.165) is 12.0 Å². The first kappa shape index (κ1) is 14.5. The van der Waals surface area contributed by atoms with Gasteiger partial charge in [-0.25, -0.2) is 4.98 Å². The molecule has 0 saturated heterocycles. The van der Waals surface area contributed by atoms with Gasteiger partial charge in [-0.1, -0.05) is 29.3 Å². The van der Waals surface area contributed by atoms with Crippen LogP contribution in [0.4, 0.5) is 5.82 Å². The second-order valence-corrected chi connectivity index (χ2v) is 5.47. The van der Waals surface area contributed by atoms with Crippen molar-refractivity contribution in [3.05, 3.63) is 58.3 Å². The standard InChI is InChI=1S/C17H23N3/c1-11-7-12(2)9-14(8-11)10-15(19-4)16-13(3)5-6-20-17(16)18/h5-9,15,19H,10H2,1-4H3,(H2,18,20). The molecule has 0 aliphatic carbocycles. The monoisotopic (exact) mass is 269 g/mol. The Kier molecular flexibility index (Phi) is 4.40. The smallest absolute Gasteiger partial charge is 0.128 e. The highest BCUT2D eigenvalue weighted by Gasteiger charge is 2.16. The molecule has 2 aromatic rings. The summed E-state index contributed by atoms with van der Waals surface area (Å²) >= 11 is 0. The van der Waals surface area contributed by atoms with Gasteiger partial charge in [0.05, 0.1) is 0 Å². The van der Waals surface area contributed by atoms with E-state index >= 15 is 0 Å². The van der Waals surface area contributed by atoms with Gasteiger partial charge in [0.25, 0.3) is 0 Å². The van der Waals surface area contributed by atoms with Crippen LogP contribution in [-0.4, -0.2) is 12.0 Å². The Morgan fingerprint density at radius 3 is 2.35 bits per heavy atom. The highest BCUT2D eigenvalue weighted by atomic mass is 14.9. The minimum absolute atomic E-state index is 0.185. The minimum atomic E-state index is 0.185. The first-order valence-corrected chi connectivity index (χ1v) is 6.96. The van der Waals surface area contributed by atoms with Gasteiger partial charge in [0.2, 0.25) is 0 Å². The molecule has 106 valence electrons. The van der Waals surface area contributed by atoms with Crippen molar-refractivity contribution in [2.75, 3.05) is 12.8 Å².